The molecule has 0 spiro atoms. The smallest absolute Gasteiger partial charge is 0.271 e. The number of fused-ring (bicyclic) bond motifs is 1. The van der Waals surface area contributed by atoms with Gasteiger partial charge in [-0.05, 0) is 25.5 Å². The third-order valence-corrected chi connectivity index (χ3v) is 6.81. The highest BCUT2D eigenvalue weighted by Crippen LogP contribution is 2.29. The Hall–Kier alpha value is -1.03. The molecule has 0 radical (unpaired) electrons. The average molecular weight is 404 g/mol. The lowest BCUT2D eigenvalue weighted by Gasteiger charge is -2.43. The second-order valence-electron chi connectivity index (χ2n) is 5.95. The molecule has 1 aromatic rings. The van der Waals surface area contributed by atoms with Crippen molar-refractivity contribution in [2.75, 3.05) is 26.2 Å². The van der Waals surface area contributed by atoms with Crippen LogP contribution in [0.3, 0.4) is 0 Å². The zero-order valence-corrected chi connectivity index (χ0v) is 14.9. The quantitative estimate of drug-likeness (QED) is 0.570. The van der Waals surface area contributed by atoms with E-state index in [1.54, 1.807) is 0 Å². The summed E-state index contributed by atoms with van der Waals surface area (Å²) in [6, 6.07) is 4.12. The number of benzene rings is 1. The Morgan fingerprint density at radius 1 is 1.17 bits per heavy atom. The third-order valence-electron chi connectivity index (χ3n) is 4.50. The molecule has 2 aliphatic rings. The van der Waals surface area contributed by atoms with Gasteiger partial charge in [0.25, 0.3) is 5.69 Å². The molecule has 0 aromatic heterocycles. The molecular formula is C14H18BrN3O4S. The molecular weight excluding hydrogens is 386 g/mol. The molecule has 0 N–H and O–H groups in total. The molecule has 7 nitrogen and oxygen atoms in total. The van der Waals surface area contributed by atoms with Gasteiger partial charge in [-0.15, -0.1) is 0 Å². The van der Waals surface area contributed by atoms with E-state index in [9.17, 15) is 18.5 Å². The normalized spacial score (nSPS) is 23.4. The summed E-state index contributed by atoms with van der Waals surface area (Å²) in [5.74, 6) is 0. The number of hydrogen-bond donors (Lipinski definition) is 0. The first kappa shape index (κ1) is 16.8. The summed E-state index contributed by atoms with van der Waals surface area (Å²) in [6.45, 7) is 2.64. The predicted molar refractivity (Wildman–Crippen MR) is 88.8 cm³/mol. The van der Waals surface area contributed by atoms with E-state index in [0.29, 0.717) is 17.6 Å². The molecule has 1 atom stereocenters. The number of piperazine rings is 1. The first-order valence-electron chi connectivity index (χ1n) is 7.57. The first-order valence-corrected chi connectivity index (χ1v) is 9.80. The van der Waals surface area contributed by atoms with Crippen molar-refractivity contribution < 1.29 is 13.3 Å². The SMILES string of the molecule is O=[N+]([O-])c1cc(Br)cc(S(=O)(=O)N2CCN3CCCCC3C2)c1. The number of nitro groups is 1. The molecule has 1 aromatic carbocycles. The van der Waals surface area contributed by atoms with Crippen LogP contribution in [0.5, 0.6) is 0 Å². The fourth-order valence-corrected chi connectivity index (χ4v) is 5.46. The zero-order chi connectivity index (χ0) is 16.6. The summed E-state index contributed by atoms with van der Waals surface area (Å²) >= 11 is 3.16. The minimum atomic E-state index is -3.72. The summed E-state index contributed by atoms with van der Waals surface area (Å²) in [5.41, 5.74) is -0.228. The number of nitrogens with zero attached hydrogens (tertiary/aromatic N) is 3. The maximum atomic E-state index is 12.9. The second-order valence-corrected chi connectivity index (χ2v) is 8.80. The fraction of sp³-hybridized carbons (Fsp3) is 0.571. The van der Waals surface area contributed by atoms with Gasteiger partial charge >= 0.3 is 0 Å². The Balaban J connectivity index is 1.88. The van der Waals surface area contributed by atoms with Crippen LogP contribution in [0.2, 0.25) is 0 Å². The molecule has 23 heavy (non-hydrogen) atoms. The Morgan fingerprint density at radius 2 is 1.96 bits per heavy atom. The Labute approximate surface area is 143 Å². The topological polar surface area (TPSA) is 83.8 Å². The van der Waals surface area contributed by atoms with Crippen LogP contribution in [0.4, 0.5) is 5.69 Å². The number of non-ortho nitro benzene ring substituents is 1. The molecule has 3 rings (SSSR count). The van der Waals surface area contributed by atoms with E-state index in [2.05, 4.69) is 20.8 Å². The van der Waals surface area contributed by atoms with Crippen LogP contribution in [0, 0.1) is 10.1 Å². The highest BCUT2D eigenvalue weighted by molar-refractivity contribution is 9.10. The molecule has 2 heterocycles. The average Bonchev–Trinajstić information content (AvgIpc) is 2.53. The van der Waals surface area contributed by atoms with Gasteiger partial charge < -0.3 is 0 Å². The van der Waals surface area contributed by atoms with Crippen LogP contribution in [-0.2, 0) is 10.0 Å². The number of nitro benzene ring substituents is 1. The van der Waals surface area contributed by atoms with E-state index in [1.165, 1.54) is 22.9 Å². The zero-order valence-electron chi connectivity index (χ0n) is 12.5. The number of sulfonamides is 1. The third kappa shape index (κ3) is 3.42. The van der Waals surface area contributed by atoms with E-state index in [-0.39, 0.29) is 16.6 Å². The summed E-state index contributed by atoms with van der Waals surface area (Å²) in [6.07, 6.45) is 3.29. The van der Waals surface area contributed by atoms with E-state index in [4.69, 9.17) is 0 Å². The van der Waals surface area contributed by atoms with Crippen LogP contribution >= 0.6 is 15.9 Å². The highest BCUT2D eigenvalue weighted by atomic mass is 79.9. The van der Waals surface area contributed by atoms with Gasteiger partial charge in [0.15, 0.2) is 0 Å². The molecule has 2 saturated heterocycles. The molecule has 2 fully saturated rings. The van der Waals surface area contributed by atoms with Crippen molar-refractivity contribution in [3.63, 3.8) is 0 Å². The molecule has 9 heteroatoms. The molecule has 0 bridgehead atoms. The number of rotatable bonds is 3. The maximum Gasteiger partial charge on any atom is 0.271 e. The lowest BCUT2D eigenvalue weighted by atomic mass is 10.0. The van der Waals surface area contributed by atoms with Crippen molar-refractivity contribution in [1.29, 1.82) is 0 Å². The van der Waals surface area contributed by atoms with E-state index in [0.717, 1.165) is 32.0 Å². The number of halogens is 1. The molecule has 126 valence electrons. The van der Waals surface area contributed by atoms with Gasteiger partial charge in [-0.2, -0.15) is 4.31 Å². The monoisotopic (exact) mass is 403 g/mol. The fourth-order valence-electron chi connectivity index (χ4n) is 3.30. The Kier molecular flexibility index (Phi) is 4.73. The van der Waals surface area contributed by atoms with Gasteiger partial charge in [-0.3, -0.25) is 15.0 Å². The van der Waals surface area contributed by atoms with Crippen molar-refractivity contribution in [2.24, 2.45) is 0 Å². The number of hydrogen-bond acceptors (Lipinski definition) is 5. The second kappa shape index (κ2) is 6.46. The summed E-state index contributed by atoms with van der Waals surface area (Å²) in [7, 11) is -3.72. The number of piperidine rings is 1. The van der Waals surface area contributed by atoms with E-state index >= 15 is 0 Å². The van der Waals surface area contributed by atoms with Gasteiger partial charge in [-0.1, -0.05) is 22.4 Å². The Morgan fingerprint density at radius 3 is 2.70 bits per heavy atom. The standard InChI is InChI=1S/C14H18BrN3O4S/c15-11-7-13(18(19)20)9-14(8-11)23(21,22)17-6-5-16-4-2-1-3-12(16)10-17/h7-9,12H,1-6,10H2. The molecule has 0 amide bonds. The van der Waals surface area contributed by atoms with Gasteiger partial charge in [0.05, 0.1) is 9.82 Å². The van der Waals surface area contributed by atoms with Gasteiger partial charge in [-0.25, -0.2) is 8.42 Å². The lowest BCUT2D eigenvalue weighted by molar-refractivity contribution is -0.385. The van der Waals surface area contributed by atoms with Crippen molar-refractivity contribution in [1.82, 2.24) is 9.21 Å². The Bertz CT molecular complexity index is 725. The maximum absolute atomic E-state index is 12.9. The van der Waals surface area contributed by atoms with Gasteiger partial charge in [0, 0.05) is 42.3 Å². The van der Waals surface area contributed by atoms with E-state index in [1.807, 2.05) is 0 Å². The first-order chi connectivity index (χ1) is 10.9. The minimum Gasteiger partial charge on any atom is -0.298 e. The molecule has 0 saturated carbocycles. The summed E-state index contributed by atoms with van der Waals surface area (Å²) < 4.78 is 27.6. The molecule has 0 aliphatic carbocycles. The van der Waals surface area contributed by atoms with Crippen molar-refractivity contribution in [3.8, 4) is 0 Å². The predicted octanol–water partition coefficient (Wildman–Crippen LogP) is 2.22. The minimum absolute atomic E-state index is 0.0252. The van der Waals surface area contributed by atoms with Crippen LogP contribution < -0.4 is 0 Å². The van der Waals surface area contributed by atoms with Gasteiger partial charge in [0.2, 0.25) is 10.0 Å². The molecule has 1 unspecified atom stereocenters. The van der Waals surface area contributed by atoms with Crippen molar-refractivity contribution >= 4 is 31.6 Å². The highest BCUT2D eigenvalue weighted by Gasteiger charge is 2.35. The largest absolute Gasteiger partial charge is 0.298 e. The van der Waals surface area contributed by atoms with Crippen molar-refractivity contribution in [2.45, 2.75) is 30.2 Å². The van der Waals surface area contributed by atoms with Crippen LogP contribution in [0.25, 0.3) is 0 Å². The summed E-state index contributed by atoms with van der Waals surface area (Å²) in [4.78, 5) is 12.7. The van der Waals surface area contributed by atoms with Gasteiger partial charge in [0.1, 0.15) is 0 Å². The summed E-state index contributed by atoms with van der Waals surface area (Å²) in [5, 5.41) is 11.0. The van der Waals surface area contributed by atoms with Crippen LogP contribution in [0.1, 0.15) is 19.3 Å². The van der Waals surface area contributed by atoms with Crippen molar-refractivity contribution in [3.05, 3.63) is 32.8 Å². The van der Waals surface area contributed by atoms with E-state index < -0.39 is 14.9 Å². The molecule has 2 aliphatic heterocycles. The van der Waals surface area contributed by atoms with Crippen LogP contribution in [0.15, 0.2) is 27.6 Å². The van der Waals surface area contributed by atoms with Crippen LogP contribution in [-0.4, -0.2) is 54.8 Å². The lowest BCUT2D eigenvalue weighted by Crippen LogP contribution is -2.56.